The number of rotatable bonds is 0. The summed E-state index contributed by atoms with van der Waals surface area (Å²) in [6.45, 7) is 3.36. The summed E-state index contributed by atoms with van der Waals surface area (Å²) in [5.74, 6) is 0.339. The largest absolute Gasteiger partial charge is 0.381 e. The number of Topliss-reactive ketones (excluding diaryl/α,β-unsaturated/α-hetero) is 1. The van der Waals surface area contributed by atoms with Crippen molar-refractivity contribution in [1.29, 1.82) is 0 Å². The molecule has 76 valence electrons. The van der Waals surface area contributed by atoms with Gasteiger partial charge in [0.15, 0.2) is 0 Å². The van der Waals surface area contributed by atoms with Gasteiger partial charge in [0.05, 0.1) is 13.2 Å². The highest BCUT2D eigenvalue weighted by Crippen LogP contribution is 1.98. The minimum absolute atomic E-state index is 0.339. The lowest BCUT2D eigenvalue weighted by Gasteiger charge is -2.07. The molecule has 2 heteroatoms. The monoisotopic (exact) mass is 192 g/mol. The molecule has 1 aromatic carbocycles. The van der Waals surface area contributed by atoms with Crippen molar-refractivity contribution in [1.82, 2.24) is 0 Å². The number of ether oxygens (including phenoxy) is 1. The van der Waals surface area contributed by atoms with Crippen molar-refractivity contribution in [3.8, 4) is 0 Å². The Balaban J connectivity index is 0.000000140. The number of ketones is 1. The van der Waals surface area contributed by atoms with E-state index >= 15 is 0 Å². The van der Waals surface area contributed by atoms with Crippen LogP contribution < -0.4 is 0 Å². The average molecular weight is 192 g/mol. The molecule has 0 saturated carbocycles. The van der Waals surface area contributed by atoms with E-state index in [2.05, 4.69) is 19.1 Å². The van der Waals surface area contributed by atoms with Crippen molar-refractivity contribution in [3.05, 3.63) is 35.9 Å². The number of hydrogen-bond donors (Lipinski definition) is 0. The van der Waals surface area contributed by atoms with Crippen LogP contribution in [0.25, 0.3) is 0 Å². The van der Waals surface area contributed by atoms with Crippen LogP contribution in [0.2, 0.25) is 0 Å². The molecule has 0 bridgehead atoms. The van der Waals surface area contributed by atoms with Crippen molar-refractivity contribution < 1.29 is 9.53 Å². The first kappa shape index (κ1) is 10.9. The smallest absolute Gasteiger partial charge is 0.137 e. The lowest BCUT2D eigenvalue weighted by molar-refractivity contribution is -0.124. The summed E-state index contributed by atoms with van der Waals surface area (Å²) in [5.41, 5.74) is 1.32. The van der Waals surface area contributed by atoms with Gasteiger partial charge in [0.2, 0.25) is 0 Å². The lowest BCUT2D eigenvalue weighted by atomic mass is 10.2. The van der Waals surface area contributed by atoms with Gasteiger partial charge in [0.1, 0.15) is 5.78 Å². The molecule has 14 heavy (non-hydrogen) atoms. The van der Waals surface area contributed by atoms with Crippen molar-refractivity contribution in [3.63, 3.8) is 0 Å². The van der Waals surface area contributed by atoms with Crippen LogP contribution in [0.15, 0.2) is 30.3 Å². The van der Waals surface area contributed by atoms with Crippen LogP contribution in [-0.4, -0.2) is 19.0 Å². The van der Waals surface area contributed by atoms with Crippen molar-refractivity contribution in [2.24, 2.45) is 0 Å². The summed E-state index contributed by atoms with van der Waals surface area (Å²) >= 11 is 0. The maximum atomic E-state index is 10.4. The molecule has 1 aliphatic heterocycles. The van der Waals surface area contributed by atoms with Gasteiger partial charge in [-0.05, 0) is 6.92 Å². The Kier molecular flexibility index (Phi) is 4.94. The molecule has 0 radical (unpaired) electrons. The van der Waals surface area contributed by atoms with Crippen molar-refractivity contribution in [2.45, 2.75) is 19.8 Å². The Hall–Kier alpha value is -1.15. The first-order chi connectivity index (χ1) is 6.79. The predicted molar refractivity (Wildman–Crippen MR) is 56.2 cm³/mol. The van der Waals surface area contributed by atoms with Gasteiger partial charge < -0.3 is 4.74 Å². The van der Waals surface area contributed by atoms with Gasteiger partial charge in [-0.15, -0.1) is 0 Å². The molecule has 0 unspecified atom stereocenters. The molecule has 1 heterocycles. The molecule has 2 nitrogen and oxygen atoms in total. The average Bonchev–Trinajstić information content (AvgIpc) is 2.21. The maximum absolute atomic E-state index is 10.4. The molecule has 0 atom stereocenters. The van der Waals surface area contributed by atoms with E-state index in [1.54, 1.807) is 0 Å². The van der Waals surface area contributed by atoms with E-state index in [-0.39, 0.29) is 0 Å². The Bertz CT molecular complexity index is 259. The Morgan fingerprint density at radius 2 is 1.64 bits per heavy atom. The van der Waals surface area contributed by atoms with Crippen LogP contribution in [0.5, 0.6) is 0 Å². The van der Waals surface area contributed by atoms with E-state index in [0.29, 0.717) is 31.8 Å². The second-order valence-electron chi connectivity index (χ2n) is 3.31. The highest BCUT2D eigenvalue weighted by molar-refractivity contribution is 5.78. The number of hydrogen-bond acceptors (Lipinski definition) is 2. The van der Waals surface area contributed by atoms with E-state index < -0.39 is 0 Å². The fourth-order valence-electron chi connectivity index (χ4n) is 1.13. The maximum Gasteiger partial charge on any atom is 0.137 e. The van der Waals surface area contributed by atoms with Gasteiger partial charge in [0, 0.05) is 12.8 Å². The Morgan fingerprint density at radius 1 is 1.07 bits per heavy atom. The van der Waals surface area contributed by atoms with Gasteiger partial charge in [0.25, 0.3) is 0 Å². The molecule has 2 rings (SSSR count). The summed E-state index contributed by atoms with van der Waals surface area (Å²) in [6.07, 6.45) is 1.25. The summed E-state index contributed by atoms with van der Waals surface area (Å²) in [5, 5.41) is 0. The molecule has 1 fully saturated rings. The van der Waals surface area contributed by atoms with Crippen LogP contribution in [0.3, 0.4) is 0 Å². The zero-order valence-electron chi connectivity index (χ0n) is 8.53. The first-order valence-electron chi connectivity index (χ1n) is 4.90. The normalized spacial score (nSPS) is 15.6. The number of carbonyl (C=O) groups excluding carboxylic acids is 1. The predicted octanol–water partition coefficient (Wildman–Crippen LogP) is 2.36. The van der Waals surface area contributed by atoms with E-state index in [4.69, 9.17) is 4.74 Å². The zero-order chi connectivity index (χ0) is 10.2. The highest BCUT2D eigenvalue weighted by atomic mass is 16.5. The van der Waals surface area contributed by atoms with E-state index in [0.717, 1.165) is 0 Å². The number of carbonyl (C=O) groups is 1. The van der Waals surface area contributed by atoms with E-state index in [1.807, 2.05) is 18.2 Å². The minimum atomic E-state index is 0.339. The molecule has 0 aromatic heterocycles. The third-order valence-corrected chi connectivity index (χ3v) is 1.99. The third-order valence-electron chi connectivity index (χ3n) is 1.99. The van der Waals surface area contributed by atoms with Gasteiger partial charge in [-0.3, -0.25) is 4.79 Å². The second kappa shape index (κ2) is 6.33. The SMILES string of the molecule is Cc1ccccc1.O=C1CCOCC1. The molecular formula is C12H16O2. The molecule has 1 aromatic rings. The van der Waals surface area contributed by atoms with Crippen LogP contribution >= 0.6 is 0 Å². The summed E-state index contributed by atoms with van der Waals surface area (Å²) in [7, 11) is 0. The van der Waals surface area contributed by atoms with Crippen LogP contribution in [0.4, 0.5) is 0 Å². The van der Waals surface area contributed by atoms with E-state index in [1.165, 1.54) is 5.56 Å². The summed E-state index contributed by atoms with van der Waals surface area (Å²) in [6, 6.07) is 10.3. The Morgan fingerprint density at radius 3 is 1.93 bits per heavy atom. The first-order valence-corrected chi connectivity index (χ1v) is 4.90. The van der Waals surface area contributed by atoms with Crippen LogP contribution in [-0.2, 0) is 9.53 Å². The van der Waals surface area contributed by atoms with Gasteiger partial charge in [-0.1, -0.05) is 35.9 Å². The van der Waals surface area contributed by atoms with Gasteiger partial charge in [-0.2, -0.15) is 0 Å². The molecule has 0 aliphatic carbocycles. The molecule has 1 saturated heterocycles. The Labute approximate surface area is 84.9 Å². The molecule has 0 spiro atoms. The summed E-state index contributed by atoms with van der Waals surface area (Å²) in [4.78, 5) is 10.4. The topological polar surface area (TPSA) is 26.3 Å². The van der Waals surface area contributed by atoms with Gasteiger partial charge >= 0.3 is 0 Å². The zero-order valence-corrected chi connectivity index (χ0v) is 8.53. The number of aryl methyl sites for hydroxylation is 1. The molecule has 1 aliphatic rings. The lowest BCUT2D eigenvalue weighted by Crippen LogP contribution is -2.14. The van der Waals surface area contributed by atoms with Gasteiger partial charge in [-0.25, -0.2) is 0 Å². The fraction of sp³-hybridized carbons (Fsp3) is 0.417. The fourth-order valence-corrected chi connectivity index (χ4v) is 1.13. The van der Waals surface area contributed by atoms with Crippen molar-refractivity contribution in [2.75, 3.05) is 13.2 Å². The number of benzene rings is 1. The second-order valence-corrected chi connectivity index (χ2v) is 3.31. The summed E-state index contributed by atoms with van der Waals surface area (Å²) < 4.78 is 4.92. The third kappa shape index (κ3) is 4.77. The van der Waals surface area contributed by atoms with E-state index in [9.17, 15) is 4.79 Å². The minimum Gasteiger partial charge on any atom is -0.381 e. The molecule has 0 amide bonds. The van der Waals surface area contributed by atoms with Crippen LogP contribution in [0.1, 0.15) is 18.4 Å². The molecule has 0 N–H and O–H groups in total. The quantitative estimate of drug-likeness (QED) is 0.630. The standard InChI is InChI=1S/C7H8.C5H8O2/c1-7-5-3-2-4-6-7;6-5-1-3-7-4-2-5/h2-6H,1H3;1-4H2. The van der Waals surface area contributed by atoms with Crippen LogP contribution in [0, 0.1) is 6.92 Å². The van der Waals surface area contributed by atoms with Crippen molar-refractivity contribution >= 4 is 5.78 Å². The molecular weight excluding hydrogens is 176 g/mol. The highest BCUT2D eigenvalue weighted by Gasteiger charge is 2.06.